The van der Waals surface area contributed by atoms with Crippen LogP contribution in [-0.4, -0.2) is 39.5 Å². The Labute approximate surface area is 113 Å². The Morgan fingerprint density at radius 2 is 1.78 bits per heavy atom. The minimum absolute atomic E-state index is 0.644. The summed E-state index contributed by atoms with van der Waals surface area (Å²) in [6, 6.07) is 0.644. The Bertz CT molecular complexity index is 179. The van der Waals surface area contributed by atoms with E-state index in [1.165, 1.54) is 38.5 Å². The summed E-state index contributed by atoms with van der Waals surface area (Å²) >= 11 is 0. The second-order valence-electron chi connectivity index (χ2n) is 5.45. The molecule has 1 saturated carbocycles. The molecular weight excluding hydrogens is 226 g/mol. The second-order valence-corrected chi connectivity index (χ2v) is 5.45. The number of ether oxygens (including phenoxy) is 2. The van der Waals surface area contributed by atoms with Crippen LogP contribution in [-0.2, 0) is 9.47 Å². The largest absolute Gasteiger partial charge is 0.385 e. The van der Waals surface area contributed by atoms with Crippen LogP contribution in [0, 0.1) is 5.92 Å². The van der Waals surface area contributed by atoms with Crippen molar-refractivity contribution >= 4 is 0 Å². The van der Waals surface area contributed by atoms with E-state index in [0.717, 1.165) is 38.7 Å². The number of hydrogen-bond donors (Lipinski definition) is 1. The van der Waals surface area contributed by atoms with Gasteiger partial charge in [-0.15, -0.1) is 0 Å². The molecule has 3 heteroatoms. The van der Waals surface area contributed by atoms with Gasteiger partial charge in [0.15, 0.2) is 0 Å². The van der Waals surface area contributed by atoms with E-state index in [-0.39, 0.29) is 0 Å². The van der Waals surface area contributed by atoms with Crippen LogP contribution in [0.2, 0.25) is 0 Å². The maximum absolute atomic E-state index is 5.56. The van der Waals surface area contributed by atoms with Crippen LogP contribution >= 0.6 is 0 Å². The van der Waals surface area contributed by atoms with Crippen molar-refractivity contribution < 1.29 is 9.47 Å². The van der Waals surface area contributed by atoms with E-state index in [0.29, 0.717) is 6.04 Å². The van der Waals surface area contributed by atoms with Gasteiger partial charge in [-0.2, -0.15) is 0 Å². The Hall–Kier alpha value is -0.120. The zero-order chi connectivity index (χ0) is 13.1. The third kappa shape index (κ3) is 7.34. The average molecular weight is 257 g/mol. The molecule has 1 fully saturated rings. The fourth-order valence-electron chi connectivity index (χ4n) is 2.74. The summed E-state index contributed by atoms with van der Waals surface area (Å²) in [5.74, 6) is 0.876. The first-order valence-electron chi connectivity index (χ1n) is 7.64. The predicted octanol–water partition coefficient (Wildman–Crippen LogP) is 2.99. The minimum atomic E-state index is 0.644. The summed E-state index contributed by atoms with van der Waals surface area (Å²) in [5.41, 5.74) is 0. The van der Waals surface area contributed by atoms with E-state index in [1.807, 2.05) is 0 Å². The first-order valence-corrected chi connectivity index (χ1v) is 7.64. The number of rotatable bonds is 9. The van der Waals surface area contributed by atoms with Crippen LogP contribution in [0.3, 0.4) is 0 Å². The van der Waals surface area contributed by atoms with Gasteiger partial charge in [-0.3, -0.25) is 0 Å². The highest BCUT2D eigenvalue weighted by atomic mass is 16.5. The number of nitrogens with one attached hydrogen (secondary N) is 1. The lowest BCUT2D eigenvalue weighted by atomic mass is 9.93. The average Bonchev–Trinajstić information content (AvgIpc) is 2.66. The van der Waals surface area contributed by atoms with Gasteiger partial charge in [0.2, 0.25) is 0 Å². The highest BCUT2D eigenvalue weighted by Gasteiger charge is 2.18. The summed E-state index contributed by atoms with van der Waals surface area (Å²) in [6.07, 6.45) is 9.52. The van der Waals surface area contributed by atoms with Gasteiger partial charge in [0, 0.05) is 32.9 Å². The molecule has 3 nitrogen and oxygen atoms in total. The molecule has 1 rings (SSSR count). The van der Waals surface area contributed by atoms with Crippen molar-refractivity contribution in [2.45, 2.75) is 57.9 Å². The van der Waals surface area contributed by atoms with Gasteiger partial charge in [-0.25, -0.2) is 0 Å². The fraction of sp³-hybridized carbons (Fsp3) is 1.00. The van der Waals surface area contributed by atoms with Crippen molar-refractivity contribution in [1.29, 1.82) is 0 Å². The standard InChI is InChI=1S/C15H31NO2/c1-14(15-8-5-3-4-6-9-15)16-10-13-18-12-7-11-17-2/h14-16H,3-13H2,1-2H3/t14-/m1/s1. The van der Waals surface area contributed by atoms with E-state index >= 15 is 0 Å². The molecule has 18 heavy (non-hydrogen) atoms. The molecule has 0 spiro atoms. The van der Waals surface area contributed by atoms with E-state index < -0.39 is 0 Å². The molecule has 0 aromatic heterocycles. The van der Waals surface area contributed by atoms with Gasteiger partial charge in [-0.05, 0) is 32.1 Å². The summed E-state index contributed by atoms with van der Waals surface area (Å²) < 4.78 is 10.5. The third-order valence-electron chi connectivity index (χ3n) is 3.96. The maximum Gasteiger partial charge on any atom is 0.0591 e. The molecule has 0 saturated heterocycles. The molecule has 0 radical (unpaired) electrons. The number of methoxy groups -OCH3 is 1. The summed E-state index contributed by atoms with van der Waals surface area (Å²) in [4.78, 5) is 0. The fourth-order valence-corrected chi connectivity index (χ4v) is 2.74. The zero-order valence-corrected chi connectivity index (χ0v) is 12.2. The molecule has 0 bridgehead atoms. The van der Waals surface area contributed by atoms with E-state index in [4.69, 9.17) is 9.47 Å². The highest BCUT2D eigenvalue weighted by Crippen LogP contribution is 2.25. The van der Waals surface area contributed by atoms with Crippen LogP contribution in [0.4, 0.5) is 0 Å². The molecule has 0 aromatic rings. The van der Waals surface area contributed by atoms with Gasteiger partial charge in [0.25, 0.3) is 0 Å². The molecule has 1 aliphatic carbocycles. The number of hydrogen-bond acceptors (Lipinski definition) is 3. The van der Waals surface area contributed by atoms with Gasteiger partial charge in [0.05, 0.1) is 6.61 Å². The lowest BCUT2D eigenvalue weighted by Gasteiger charge is -2.23. The van der Waals surface area contributed by atoms with E-state index in [1.54, 1.807) is 7.11 Å². The quantitative estimate of drug-likeness (QED) is 0.509. The molecule has 0 aliphatic heterocycles. The minimum Gasteiger partial charge on any atom is -0.385 e. The Morgan fingerprint density at radius 1 is 1.06 bits per heavy atom. The molecule has 0 unspecified atom stereocenters. The summed E-state index contributed by atoms with van der Waals surface area (Å²) in [6.45, 7) is 5.74. The molecule has 1 atom stereocenters. The van der Waals surface area contributed by atoms with Gasteiger partial charge >= 0.3 is 0 Å². The van der Waals surface area contributed by atoms with Crippen molar-refractivity contribution in [2.24, 2.45) is 5.92 Å². The first-order chi connectivity index (χ1) is 8.84. The van der Waals surface area contributed by atoms with Gasteiger partial charge in [0.1, 0.15) is 0 Å². The maximum atomic E-state index is 5.56. The van der Waals surface area contributed by atoms with Crippen molar-refractivity contribution in [3.63, 3.8) is 0 Å². The third-order valence-corrected chi connectivity index (χ3v) is 3.96. The first kappa shape index (κ1) is 15.9. The van der Waals surface area contributed by atoms with E-state index in [2.05, 4.69) is 12.2 Å². The molecule has 1 N–H and O–H groups in total. The van der Waals surface area contributed by atoms with Crippen molar-refractivity contribution in [2.75, 3.05) is 33.5 Å². The van der Waals surface area contributed by atoms with Crippen LogP contribution in [0.5, 0.6) is 0 Å². The van der Waals surface area contributed by atoms with Gasteiger partial charge < -0.3 is 14.8 Å². The Morgan fingerprint density at radius 3 is 2.44 bits per heavy atom. The topological polar surface area (TPSA) is 30.5 Å². The van der Waals surface area contributed by atoms with Gasteiger partial charge in [-0.1, -0.05) is 25.7 Å². The molecular formula is C15H31NO2. The monoisotopic (exact) mass is 257 g/mol. The van der Waals surface area contributed by atoms with Crippen LogP contribution in [0.25, 0.3) is 0 Å². The van der Waals surface area contributed by atoms with E-state index in [9.17, 15) is 0 Å². The van der Waals surface area contributed by atoms with Crippen molar-refractivity contribution in [3.8, 4) is 0 Å². The van der Waals surface area contributed by atoms with Crippen molar-refractivity contribution in [3.05, 3.63) is 0 Å². The Balaban J connectivity index is 1.96. The van der Waals surface area contributed by atoms with Crippen LogP contribution in [0.15, 0.2) is 0 Å². The predicted molar refractivity (Wildman–Crippen MR) is 76.0 cm³/mol. The lowest BCUT2D eigenvalue weighted by molar-refractivity contribution is 0.102. The molecule has 0 aromatic carbocycles. The zero-order valence-electron chi connectivity index (χ0n) is 12.2. The smallest absolute Gasteiger partial charge is 0.0591 e. The molecule has 1 aliphatic rings. The lowest BCUT2D eigenvalue weighted by Crippen LogP contribution is -2.35. The SMILES string of the molecule is COCCCOCCN[C@H](C)C1CCCCCC1. The molecule has 0 heterocycles. The highest BCUT2D eigenvalue weighted by molar-refractivity contribution is 4.74. The summed E-state index contributed by atoms with van der Waals surface area (Å²) in [5, 5.41) is 3.61. The molecule has 108 valence electrons. The van der Waals surface area contributed by atoms with Crippen LogP contribution in [0.1, 0.15) is 51.9 Å². The van der Waals surface area contributed by atoms with Crippen molar-refractivity contribution in [1.82, 2.24) is 5.32 Å². The molecule has 0 amide bonds. The summed E-state index contributed by atoms with van der Waals surface area (Å²) in [7, 11) is 1.73. The second kappa shape index (κ2) is 10.8. The Kier molecular flexibility index (Phi) is 9.54. The van der Waals surface area contributed by atoms with Crippen LogP contribution < -0.4 is 5.32 Å². The normalized spacial score (nSPS) is 19.7.